The second-order valence-corrected chi connectivity index (χ2v) is 3.86. The Labute approximate surface area is 111 Å². The molecule has 20 heavy (non-hydrogen) atoms. The first kappa shape index (κ1) is 13.7. The third-order valence-corrected chi connectivity index (χ3v) is 2.45. The maximum atomic E-state index is 12.3. The van der Waals surface area contributed by atoms with Crippen LogP contribution in [0.2, 0.25) is 0 Å². The number of aromatic carboxylic acids is 1. The molecule has 0 aliphatic heterocycles. The number of hydrogen-bond acceptors (Lipinski definition) is 3. The molecule has 2 aromatic rings. The van der Waals surface area contributed by atoms with E-state index in [-0.39, 0.29) is 17.2 Å². The Morgan fingerprint density at radius 2 is 2.25 bits per heavy atom. The molecule has 9 heteroatoms. The molecule has 7 nitrogen and oxygen atoms in total. The molecule has 0 unspecified atom stereocenters. The van der Waals surface area contributed by atoms with Crippen molar-refractivity contribution in [3.05, 3.63) is 35.8 Å². The predicted molar refractivity (Wildman–Crippen MR) is 63.9 cm³/mol. The van der Waals surface area contributed by atoms with Gasteiger partial charge in [-0.15, -0.1) is 0 Å². The molecule has 0 spiro atoms. The zero-order chi connectivity index (χ0) is 14.7. The number of carbonyl (C=O) groups excluding carboxylic acids is 1. The average molecular weight is 284 g/mol. The van der Waals surface area contributed by atoms with Crippen LogP contribution in [0.4, 0.5) is 14.6 Å². The van der Waals surface area contributed by atoms with Gasteiger partial charge in [0.15, 0.2) is 5.82 Å². The average Bonchev–Trinajstić information content (AvgIpc) is 2.97. The first-order chi connectivity index (χ1) is 9.47. The minimum Gasteiger partial charge on any atom is -0.477 e. The third-order valence-electron chi connectivity index (χ3n) is 2.45. The van der Waals surface area contributed by atoms with Crippen molar-refractivity contribution in [2.24, 2.45) is 0 Å². The van der Waals surface area contributed by atoms with Gasteiger partial charge < -0.3 is 15.0 Å². The summed E-state index contributed by atoms with van der Waals surface area (Å²) in [7, 11) is 0. The molecule has 0 aliphatic rings. The molecule has 0 fully saturated rings. The number of nitrogens with zero attached hydrogens (tertiary/aromatic N) is 2. The number of aromatic amines is 1. The van der Waals surface area contributed by atoms with E-state index in [1.165, 1.54) is 18.3 Å². The maximum Gasteiger partial charge on any atom is 0.353 e. The van der Waals surface area contributed by atoms with Crippen LogP contribution < -0.4 is 5.32 Å². The van der Waals surface area contributed by atoms with Crippen LogP contribution in [0, 0.1) is 0 Å². The van der Waals surface area contributed by atoms with Gasteiger partial charge in [0, 0.05) is 12.3 Å². The zero-order valence-corrected chi connectivity index (χ0v) is 10.0. The Balaban J connectivity index is 2.11. The van der Waals surface area contributed by atoms with Crippen molar-refractivity contribution in [2.75, 3.05) is 5.32 Å². The summed E-state index contributed by atoms with van der Waals surface area (Å²) in [5, 5.41) is 16.8. The summed E-state index contributed by atoms with van der Waals surface area (Å²) >= 11 is 0. The van der Waals surface area contributed by atoms with Crippen LogP contribution in [-0.2, 0) is 6.54 Å². The van der Waals surface area contributed by atoms with Crippen molar-refractivity contribution in [3.8, 4) is 0 Å². The highest BCUT2D eigenvalue weighted by molar-refractivity contribution is 6.03. The van der Waals surface area contributed by atoms with E-state index >= 15 is 0 Å². The minimum atomic E-state index is -2.59. The van der Waals surface area contributed by atoms with E-state index in [1.807, 2.05) is 0 Å². The smallest absolute Gasteiger partial charge is 0.353 e. The van der Waals surface area contributed by atoms with Gasteiger partial charge in [-0.3, -0.25) is 9.89 Å². The van der Waals surface area contributed by atoms with Gasteiger partial charge in [0.25, 0.3) is 12.3 Å². The number of H-pyrrole nitrogens is 1. The topological polar surface area (TPSA) is 100 Å². The lowest BCUT2D eigenvalue weighted by molar-refractivity contribution is 0.0690. The first-order valence-electron chi connectivity index (χ1n) is 5.50. The predicted octanol–water partition coefficient (Wildman–Crippen LogP) is 1.43. The van der Waals surface area contributed by atoms with Crippen molar-refractivity contribution in [3.63, 3.8) is 0 Å². The summed E-state index contributed by atoms with van der Waals surface area (Å²) in [6.07, 6.45) is -1.23. The molecule has 2 heterocycles. The number of halogens is 2. The summed E-state index contributed by atoms with van der Waals surface area (Å²) in [6, 6.07) is 3.97. The number of aromatic nitrogens is 3. The fraction of sp³-hybridized carbons (Fsp3) is 0.182. The summed E-state index contributed by atoms with van der Waals surface area (Å²) in [6.45, 7) is -0.601. The van der Waals surface area contributed by atoms with Gasteiger partial charge in [-0.25, -0.2) is 13.6 Å². The van der Waals surface area contributed by atoms with E-state index in [0.717, 1.165) is 10.6 Å². The Bertz CT molecular complexity index is 635. The number of amides is 1. The molecular weight excluding hydrogens is 274 g/mol. The van der Waals surface area contributed by atoms with E-state index in [1.54, 1.807) is 0 Å². The van der Waals surface area contributed by atoms with Crippen LogP contribution >= 0.6 is 0 Å². The molecule has 2 aromatic heterocycles. The molecule has 3 N–H and O–H groups in total. The van der Waals surface area contributed by atoms with E-state index in [4.69, 9.17) is 5.11 Å². The van der Waals surface area contributed by atoms with Gasteiger partial charge in [-0.2, -0.15) is 5.10 Å². The fourth-order valence-corrected chi connectivity index (χ4v) is 1.60. The second-order valence-electron chi connectivity index (χ2n) is 3.86. The van der Waals surface area contributed by atoms with Gasteiger partial charge in [0.1, 0.15) is 11.4 Å². The lowest BCUT2D eigenvalue weighted by atomic mass is 10.3. The fourth-order valence-electron chi connectivity index (χ4n) is 1.60. The zero-order valence-electron chi connectivity index (χ0n) is 10.0. The number of carboxylic acid groups (broad SMARTS) is 1. The largest absolute Gasteiger partial charge is 0.477 e. The van der Waals surface area contributed by atoms with Crippen LogP contribution in [0.3, 0.4) is 0 Å². The summed E-state index contributed by atoms with van der Waals surface area (Å²) < 4.78 is 25.8. The number of nitrogens with one attached hydrogen (secondary N) is 2. The van der Waals surface area contributed by atoms with Crippen LogP contribution in [0.1, 0.15) is 21.0 Å². The monoisotopic (exact) mass is 284 g/mol. The Morgan fingerprint density at radius 1 is 1.50 bits per heavy atom. The highest BCUT2D eigenvalue weighted by Crippen LogP contribution is 2.10. The standard InChI is InChI=1S/C11H10F2N4O3/c12-8(13)5-17-3-1-2-7(17)10(18)14-9-4-6(11(19)20)15-16-9/h1-4,8H,5H2,(H,19,20)(H2,14,15,16,18). The molecule has 0 aromatic carbocycles. The van der Waals surface area contributed by atoms with Crippen LogP contribution in [0.25, 0.3) is 0 Å². The number of rotatable bonds is 5. The van der Waals surface area contributed by atoms with Crippen molar-refractivity contribution >= 4 is 17.7 Å². The molecule has 0 saturated heterocycles. The Morgan fingerprint density at radius 3 is 2.85 bits per heavy atom. The highest BCUT2D eigenvalue weighted by Gasteiger charge is 2.16. The van der Waals surface area contributed by atoms with Crippen LogP contribution in [-0.4, -0.2) is 38.2 Å². The second kappa shape index (κ2) is 5.51. The Kier molecular flexibility index (Phi) is 3.78. The van der Waals surface area contributed by atoms with Crippen molar-refractivity contribution < 1.29 is 23.5 Å². The van der Waals surface area contributed by atoms with E-state index in [2.05, 4.69) is 15.5 Å². The molecule has 0 radical (unpaired) electrons. The number of hydrogen-bond donors (Lipinski definition) is 3. The lowest BCUT2D eigenvalue weighted by Crippen LogP contribution is -2.19. The quantitative estimate of drug-likeness (QED) is 0.773. The van der Waals surface area contributed by atoms with Gasteiger partial charge in [-0.1, -0.05) is 0 Å². The van der Waals surface area contributed by atoms with Crippen molar-refractivity contribution in [1.82, 2.24) is 14.8 Å². The number of carbonyl (C=O) groups is 2. The molecule has 0 aliphatic carbocycles. The summed E-state index contributed by atoms with van der Waals surface area (Å²) in [4.78, 5) is 22.5. The van der Waals surface area contributed by atoms with Gasteiger partial charge in [0.2, 0.25) is 0 Å². The maximum absolute atomic E-state index is 12.3. The number of alkyl halides is 2. The highest BCUT2D eigenvalue weighted by atomic mass is 19.3. The molecule has 106 valence electrons. The molecule has 0 saturated carbocycles. The normalized spacial score (nSPS) is 10.8. The van der Waals surface area contributed by atoms with Crippen LogP contribution in [0.5, 0.6) is 0 Å². The molecule has 1 amide bonds. The molecular formula is C11H10F2N4O3. The minimum absolute atomic E-state index is 0.00260. The first-order valence-corrected chi connectivity index (χ1v) is 5.50. The third kappa shape index (κ3) is 2.99. The SMILES string of the molecule is O=C(O)c1cc(NC(=O)c2cccn2CC(F)F)n[nH]1. The van der Waals surface area contributed by atoms with E-state index in [9.17, 15) is 18.4 Å². The lowest BCUT2D eigenvalue weighted by Gasteiger charge is -2.07. The molecule has 0 bridgehead atoms. The van der Waals surface area contributed by atoms with Gasteiger partial charge in [-0.05, 0) is 12.1 Å². The van der Waals surface area contributed by atoms with E-state index < -0.39 is 24.8 Å². The summed E-state index contributed by atoms with van der Waals surface area (Å²) in [5.74, 6) is -1.88. The Hall–Kier alpha value is -2.71. The molecule has 2 rings (SSSR count). The van der Waals surface area contributed by atoms with Gasteiger partial charge in [0.05, 0.1) is 6.54 Å². The van der Waals surface area contributed by atoms with Gasteiger partial charge >= 0.3 is 5.97 Å². The summed E-state index contributed by atoms with van der Waals surface area (Å²) in [5.41, 5.74) is -0.159. The molecule has 0 atom stereocenters. The van der Waals surface area contributed by atoms with Crippen molar-refractivity contribution in [2.45, 2.75) is 13.0 Å². The van der Waals surface area contributed by atoms with E-state index in [0.29, 0.717) is 0 Å². The number of anilines is 1. The van der Waals surface area contributed by atoms with Crippen molar-refractivity contribution in [1.29, 1.82) is 0 Å². The number of carboxylic acids is 1. The van der Waals surface area contributed by atoms with Crippen LogP contribution in [0.15, 0.2) is 24.4 Å².